The fourth-order valence-electron chi connectivity index (χ4n) is 2.13. The van der Waals surface area contributed by atoms with Gasteiger partial charge in [0.15, 0.2) is 10.3 Å². The van der Waals surface area contributed by atoms with Gasteiger partial charge in [-0.2, -0.15) is 0 Å². The molecule has 3 rings (SSSR count). The number of hydrogen-bond acceptors (Lipinski definition) is 7. The maximum atomic E-state index is 6.18. The first-order valence-electron chi connectivity index (χ1n) is 7.06. The van der Waals surface area contributed by atoms with Crippen LogP contribution in [0.3, 0.4) is 0 Å². The van der Waals surface area contributed by atoms with Gasteiger partial charge >= 0.3 is 0 Å². The predicted molar refractivity (Wildman–Crippen MR) is 99.0 cm³/mol. The molecule has 23 heavy (non-hydrogen) atoms. The molecule has 8 heteroatoms. The number of nitrogens with zero attached hydrogens (tertiary/aromatic N) is 3. The van der Waals surface area contributed by atoms with E-state index in [0.717, 1.165) is 32.9 Å². The Kier molecular flexibility index (Phi) is 4.52. The molecule has 5 nitrogen and oxygen atoms in total. The van der Waals surface area contributed by atoms with Gasteiger partial charge in [-0.3, -0.25) is 0 Å². The molecule has 0 spiro atoms. The van der Waals surface area contributed by atoms with Gasteiger partial charge in [0, 0.05) is 5.38 Å². The quantitative estimate of drug-likeness (QED) is 0.674. The number of nitrogen functional groups attached to an aromatic ring is 1. The molecule has 0 radical (unpaired) electrons. The molecule has 0 aliphatic carbocycles. The van der Waals surface area contributed by atoms with E-state index in [1.807, 2.05) is 24.4 Å². The highest BCUT2D eigenvalue weighted by Gasteiger charge is 2.13. The minimum absolute atomic E-state index is 0.263. The van der Waals surface area contributed by atoms with Crippen molar-refractivity contribution in [2.45, 2.75) is 26.7 Å². The van der Waals surface area contributed by atoms with Gasteiger partial charge in [0.05, 0.1) is 27.0 Å². The monoisotopic (exact) mass is 365 g/mol. The van der Waals surface area contributed by atoms with Crippen LogP contribution in [-0.2, 0) is 0 Å². The topological polar surface area (TPSA) is 76.7 Å². The lowest BCUT2D eigenvalue weighted by Crippen LogP contribution is -1.99. The zero-order chi connectivity index (χ0) is 16.6. The second-order valence-electron chi connectivity index (χ2n) is 5.35. The highest BCUT2D eigenvalue weighted by molar-refractivity contribution is 7.19. The van der Waals surface area contributed by atoms with Crippen LogP contribution >= 0.6 is 34.3 Å². The lowest BCUT2D eigenvalue weighted by Gasteiger charge is -2.09. The molecule has 0 bridgehead atoms. The first-order chi connectivity index (χ1) is 10.9. The van der Waals surface area contributed by atoms with Gasteiger partial charge in [-0.1, -0.05) is 36.8 Å². The summed E-state index contributed by atoms with van der Waals surface area (Å²) in [6.45, 7) is 6.07. The van der Waals surface area contributed by atoms with E-state index in [2.05, 4.69) is 34.1 Å². The Bertz CT molecular complexity index is 840. The van der Waals surface area contributed by atoms with Crippen LogP contribution in [0.5, 0.6) is 0 Å². The van der Waals surface area contributed by atoms with Crippen molar-refractivity contribution in [2.24, 2.45) is 0 Å². The van der Waals surface area contributed by atoms with Crippen molar-refractivity contribution >= 4 is 50.4 Å². The van der Waals surface area contributed by atoms with Crippen molar-refractivity contribution in [1.29, 1.82) is 0 Å². The third-order valence-corrected chi connectivity index (χ3v) is 5.29. The Balaban J connectivity index is 1.85. The number of thiazole rings is 2. The van der Waals surface area contributed by atoms with Crippen LogP contribution in [0.25, 0.3) is 10.6 Å². The van der Waals surface area contributed by atoms with Gasteiger partial charge in [0.1, 0.15) is 5.82 Å². The highest BCUT2D eigenvalue weighted by Crippen LogP contribution is 2.34. The summed E-state index contributed by atoms with van der Waals surface area (Å²) < 4.78 is 0. The van der Waals surface area contributed by atoms with Crippen LogP contribution in [0.2, 0.25) is 5.02 Å². The van der Waals surface area contributed by atoms with Crippen LogP contribution < -0.4 is 11.1 Å². The van der Waals surface area contributed by atoms with Crippen molar-refractivity contribution < 1.29 is 0 Å². The van der Waals surface area contributed by atoms with E-state index in [-0.39, 0.29) is 5.92 Å². The van der Waals surface area contributed by atoms with E-state index in [0.29, 0.717) is 10.2 Å². The normalized spacial score (nSPS) is 11.2. The Morgan fingerprint density at radius 3 is 2.65 bits per heavy atom. The van der Waals surface area contributed by atoms with Crippen molar-refractivity contribution in [2.75, 3.05) is 11.1 Å². The summed E-state index contributed by atoms with van der Waals surface area (Å²) in [4.78, 5) is 14.4. The zero-order valence-corrected chi connectivity index (χ0v) is 15.3. The van der Waals surface area contributed by atoms with Gasteiger partial charge in [0.25, 0.3) is 0 Å². The molecule has 3 heterocycles. The molecule has 0 amide bonds. The zero-order valence-electron chi connectivity index (χ0n) is 12.9. The average Bonchev–Trinajstić information content (AvgIpc) is 3.07. The lowest BCUT2D eigenvalue weighted by molar-refractivity contribution is 0.825. The van der Waals surface area contributed by atoms with Crippen LogP contribution in [-0.4, -0.2) is 15.0 Å². The van der Waals surface area contributed by atoms with Crippen LogP contribution in [0.15, 0.2) is 17.5 Å². The third kappa shape index (κ3) is 3.46. The van der Waals surface area contributed by atoms with Crippen LogP contribution in [0.1, 0.15) is 31.2 Å². The van der Waals surface area contributed by atoms with Gasteiger partial charge in [-0.15, -0.1) is 11.3 Å². The number of rotatable bonds is 4. The fourth-order valence-corrected chi connectivity index (χ4v) is 4.03. The number of aryl methyl sites for hydroxylation is 1. The molecule has 0 atom stereocenters. The number of anilines is 3. The van der Waals surface area contributed by atoms with E-state index in [1.54, 1.807) is 0 Å². The second kappa shape index (κ2) is 6.43. The van der Waals surface area contributed by atoms with Crippen molar-refractivity contribution in [3.05, 3.63) is 33.9 Å². The summed E-state index contributed by atoms with van der Waals surface area (Å²) in [6, 6.07) is 3.71. The van der Waals surface area contributed by atoms with Crippen LogP contribution in [0, 0.1) is 6.92 Å². The Morgan fingerprint density at radius 2 is 2.00 bits per heavy atom. The molecular formula is C15H16ClN5S2. The summed E-state index contributed by atoms with van der Waals surface area (Å²) >= 11 is 9.14. The maximum Gasteiger partial charge on any atom is 0.188 e. The van der Waals surface area contributed by atoms with Crippen molar-refractivity contribution in [1.82, 2.24) is 15.0 Å². The van der Waals surface area contributed by atoms with Crippen molar-refractivity contribution in [3.8, 4) is 10.6 Å². The predicted octanol–water partition coefficient (Wildman–Crippen LogP) is 5.07. The van der Waals surface area contributed by atoms with E-state index < -0.39 is 0 Å². The standard InChI is InChI=1S/C15H16ClN5S2/c1-7(2)12-9(16)4-5-11(20-12)21-15-19-10(6-22-15)13-8(3)18-14(17)23-13/h4-7H,1-3H3,(H2,17,18)(H,19,20,21). The van der Waals surface area contributed by atoms with E-state index in [1.165, 1.54) is 22.7 Å². The second-order valence-corrected chi connectivity index (χ2v) is 7.64. The molecule has 0 saturated carbocycles. The minimum Gasteiger partial charge on any atom is -0.375 e. The molecule has 0 unspecified atom stereocenters. The first kappa shape index (κ1) is 16.2. The Hall–Kier alpha value is -1.70. The Labute approximate surface area is 147 Å². The van der Waals surface area contributed by atoms with Gasteiger partial charge in [0.2, 0.25) is 0 Å². The van der Waals surface area contributed by atoms with Crippen LogP contribution in [0.4, 0.5) is 16.1 Å². The molecule has 0 aliphatic rings. The van der Waals surface area contributed by atoms with E-state index in [4.69, 9.17) is 17.3 Å². The molecule has 0 aromatic carbocycles. The third-order valence-electron chi connectivity index (χ3n) is 3.20. The van der Waals surface area contributed by atoms with Crippen molar-refractivity contribution in [3.63, 3.8) is 0 Å². The SMILES string of the molecule is Cc1nc(N)sc1-c1csc(Nc2ccc(Cl)c(C(C)C)n2)n1. The molecular weight excluding hydrogens is 350 g/mol. The largest absolute Gasteiger partial charge is 0.375 e. The average molecular weight is 366 g/mol. The maximum absolute atomic E-state index is 6.18. The Morgan fingerprint density at radius 1 is 1.22 bits per heavy atom. The summed E-state index contributed by atoms with van der Waals surface area (Å²) in [5, 5.41) is 7.23. The molecule has 0 aliphatic heterocycles. The number of halogens is 1. The lowest BCUT2D eigenvalue weighted by atomic mass is 10.1. The molecule has 3 aromatic rings. The molecule has 0 saturated heterocycles. The smallest absolute Gasteiger partial charge is 0.188 e. The highest BCUT2D eigenvalue weighted by atomic mass is 35.5. The van der Waals surface area contributed by atoms with Gasteiger partial charge < -0.3 is 11.1 Å². The number of pyridine rings is 1. The minimum atomic E-state index is 0.263. The molecule has 0 fully saturated rings. The first-order valence-corrected chi connectivity index (χ1v) is 9.13. The van der Waals surface area contributed by atoms with E-state index >= 15 is 0 Å². The fraction of sp³-hybridized carbons (Fsp3) is 0.267. The van der Waals surface area contributed by atoms with E-state index in [9.17, 15) is 0 Å². The molecule has 3 N–H and O–H groups in total. The number of aromatic nitrogens is 3. The number of nitrogens with one attached hydrogen (secondary N) is 1. The molecule has 3 aromatic heterocycles. The summed E-state index contributed by atoms with van der Waals surface area (Å²) in [5.41, 5.74) is 8.40. The molecule has 120 valence electrons. The summed E-state index contributed by atoms with van der Waals surface area (Å²) in [5.74, 6) is 0.999. The summed E-state index contributed by atoms with van der Waals surface area (Å²) in [7, 11) is 0. The number of hydrogen-bond donors (Lipinski definition) is 2. The van der Waals surface area contributed by atoms with Gasteiger partial charge in [-0.25, -0.2) is 15.0 Å². The number of nitrogens with two attached hydrogens (primary N) is 1. The summed E-state index contributed by atoms with van der Waals surface area (Å²) in [6.07, 6.45) is 0. The van der Waals surface area contributed by atoms with Gasteiger partial charge in [-0.05, 0) is 25.0 Å².